The molecule has 2 aromatic rings. The maximum Gasteiger partial charge on any atom is 0.328 e. The van der Waals surface area contributed by atoms with E-state index in [0.717, 1.165) is 23.0 Å². The Hall–Kier alpha value is -2.62. The van der Waals surface area contributed by atoms with Gasteiger partial charge in [-0.05, 0) is 48.9 Å². The highest BCUT2D eigenvalue weighted by Crippen LogP contribution is 2.29. The lowest BCUT2D eigenvalue weighted by Crippen LogP contribution is -2.17. The molecule has 0 amide bonds. The standard InChI is InChI=1S/C17H16FNO2/c1-2-19(15-10-8-14(18)9-11-15)16-6-4-3-5-13(16)7-12-17(20)21/h3-12H,2H2,1H3,(H,20,21). The molecule has 0 unspecified atom stereocenters. The zero-order valence-electron chi connectivity index (χ0n) is 11.7. The predicted octanol–water partition coefficient (Wildman–Crippen LogP) is 4.08. The molecule has 0 aromatic heterocycles. The number of rotatable bonds is 5. The van der Waals surface area contributed by atoms with Gasteiger partial charge in [0.1, 0.15) is 5.82 Å². The van der Waals surface area contributed by atoms with Crippen molar-refractivity contribution in [3.05, 3.63) is 66.0 Å². The first-order valence-corrected chi connectivity index (χ1v) is 6.65. The molecule has 3 nitrogen and oxygen atoms in total. The van der Waals surface area contributed by atoms with Gasteiger partial charge in [-0.3, -0.25) is 0 Å². The molecule has 0 aliphatic rings. The van der Waals surface area contributed by atoms with E-state index < -0.39 is 5.97 Å². The van der Waals surface area contributed by atoms with E-state index in [-0.39, 0.29) is 5.82 Å². The molecule has 21 heavy (non-hydrogen) atoms. The van der Waals surface area contributed by atoms with Gasteiger partial charge in [0, 0.05) is 24.0 Å². The Balaban J connectivity index is 2.42. The number of para-hydroxylation sites is 1. The number of carboxylic acid groups (broad SMARTS) is 1. The van der Waals surface area contributed by atoms with Crippen molar-refractivity contribution >= 4 is 23.4 Å². The zero-order chi connectivity index (χ0) is 15.2. The number of carboxylic acids is 1. The number of benzene rings is 2. The number of anilines is 2. The largest absolute Gasteiger partial charge is 0.478 e. The van der Waals surface area contributed by atoms with E-state index in [9.17, 15) is 9.18 Å². The summed E-state index contributed by atoms with van der Waals surface area (Å²) >= 11 is 0. The summed E-state index contributed by atoms with van der Waals surface area (Å²) < 4.78 is 13.1. The van der Waals surface area contributed by atoms with Crippen molar-refractivity contribution in [2.75, 3.05) is 11.4 Å². The average molecular weight is 285 g/mol. The molecule has 0 bridgehead atoms. The second kappa shape index (κ2) is 6.70. The molecule has 1 N–H and O–H groups in total. The lowest BCUT2D eigenvalue weighted by Gasteiger charge is -2.25. The molecule has 108 valence electrons. The van der Waals surface area contributed by atoms with Crippen LogP contribution >= 0.6 is 0 Å². The summed E-state index contributed by atoms with van der Waals surface area (Å²) in [7, 11) is 0. The van der Waals surface area contributed by atoms with Crippen LogP contribution in [0.1, 0.15) is 12.5 Å². The van der Waals surface area contributed by atoms with E-state index in [1.807, 2.05) is 36.1 Å². The van der Waals surface area contributed by atoms with Gasteiger partial charge in [0.25, 0.3) is 0 Å². The lowest BCUT2D eigenvalue weighted by molar-refractivity contribution is -0.131. The van der Waals surface area contributed by atoms with Crippen molar-refractivity contribution in [1.82, 2.24) is 0 Å². The van der Waals surface area contributed by atoms with Crippen LogP contribution in [0, 0.1) is 5.82 Å². The van der Waals surface area contributed by atoms with Crippen molar-refractivity contribution in [2.24, 2.45) is 0 Å². The Morgan fingerprint density at radius 1 is 1.19 bits per heavy atom. The predicted molar refractivity (Wildman–Crippen MR) is 82.2 cm³/mol. The summed E-state index contributed by atoms with van der Waals surface area (Å²) in [5, 5.41) is 8.77. The molecular formula is C17H16FNO2. The average Bonchev–Trinajstić information content (AvgIpc) is 2.49. The van der Waals surface area contributed by atoms with Crippen molar-refractivity contribution < 1.29 is 14.3 Å². The number of aliphatic carboxylic acids is 1. The Kier molecular flexibility index (Phi) is 4.72. The van der Waals surface area contributed by atoms with Crippen LogP contribution in [0.4, 0.5) is 15.8 Å². The Morgan fingerprint density at radius 2 is 1.86 bits per heavy atom. The van der Waals surface area contributed by atoms with Crippen molar-refractivity contribution in [1.29, 1.82) is 0 Å². The number of hydrogen-bond acceptors (Lipinski definition) is 2. The molecule has 0 heterocycles. The highest BCUT2D eigenvalue weighted by atomic mass is 19.1. The minimum atomic E-state index is -0.991. The van der Waals surface area contributed by atoms with Crippen molar-refractivity contribution in [3.63, 3.8) is 0 Å². The Bertz CT molecular complexity index is 650. The lowest BCUT2D eigenvalue weighted by atomic mass is 10.1. The van der Waals surface area contributed by atoms with Gasteiger partial charge in [-0.2, -0.15) is 0 Å². The first kappa shape index (κ1) is 14.8. The van der Waals surface area contributed by atoms with Gasteiger partial charge in [0.05, 0.1) is 0 Å². The Labute approximate surface area is 123 Å². The number of hydrogen-bond donors (Lipinski definition) is 1. The molecule has 0 spiro atoms. The number of carbonyl (C=O) groups is 1. The number of halogens is 1. The third-order valence-electron chi connectivity index (χ3n) is 3.09. The molecule has 0 radical (unpaired) electrons. The maximum absolute atomic E-state index is 13.1. The molecule has 2 aromatic carbocycles. The summed E-state index contributed by atoms with van der Waals surface area (Å²) in [5.41, 5.74) is 2.53. The summed E-state index contributed by atoms with van der Waals surface area (Å²) in [6.45, 7) is 2.67. The van der Waals surface area contributed by atoms with Gasteiger partial charge < -0.3 is 10.0 Å². The van der Waals surface area contributed by atoms with E-state index in [1.54, 1.807) is 18.2 Å². The third-order valence-corrected chi connectivity index (χ3v) is 3.09. The molecule has 0 saturated heterocycles. The van der Waals surface area contributed by atoms with Gasteiger partial charge >= 0.3 is 5.97 Å². The number of nitrogens with zero attached hydrogens (tertiary/aromatic N) is 1. The topological polar surface area (TPSA) is 40.5 Å². The fourth-order valence-electron chi connectivity index (χ4n) is 2.15. The molecular weight excluding hydrogens is 269 g/mol. The van der Waals surface area contributed by atoms with Gasteiger partial charge in [0.15, 0.2) is 0 Å². The van der Waals surface area contributed by atoms with Crippen LogP contribution in [0.5, 0.6) is 0 Å². The van der Waals surface area contributed by atoms with E-state index in [2.05, 4.69) is 0 Å². The van der Waals surface area contributed by atoms with Crippen LogP contribution < -0.4 is 4.90 Å². The van der Waals surface area contributed by atoms with Crippen LogP contribution in [0.25, 0.3) is 6.08 Å². The SMILES string of the molecule is CCN(c1ccc(F)cc1)c1ccccc1C=CC(=O)O. The quantitative estimate of drug-likeness (QED) is 0.841. The molecule has 2 rings (SSSR count). The maximum atomic E-state index is 13.1. The van der Waals surface area contributed by atoms with Crippen LogP contribution in [-0.2, 0) is 4.79 Å². The first-order chi connectivity index (χ1) is 10.1. The van der Waals surface area contributed by atoms with Gasteiger partial charge in [0.2, 0.25) is 0 Å². The van der Waals surface area contributed by atoms with Gasteiger partial charge in [-0.15, -0.1) is 0 Å². The van der Waals surface area contributed by atoms with Crippen LogP contribution in [0.2, 0.25) is 0 Å². The van der Waals surface area contributed by atoms with Crippen molar-refractivity contribution in [3.8, 4) is 0 Å². The van der Waals surface area contributed by atoms with E-state index in [4.69, 9.17) is 5.11 Å². The molecule has 0 fully saturated rings. The summed E-state index contributed by atoms with van der Waals surface area (Å²) in [4.78, 5) is 12.7. The van der Waals surface area contributed by atoms with Crippen LogP contribution in [0.3, 0.4) is 0 Å². The second-order valence-electron chi connectivity index (χ2n) is 4.45. The smallest absolute Gasteiger partial charge is 0.328 e. The van der Waals surface area contributed by atoms with Crippen LogP contribution in [-0.4, -0.2) is 17.6 Å². The molecule has 0 aliphatic heterocycles. The van der Waals surface area contributed by atoms with Crippen molar-refractivity contribution in [2.45, 2.75) is 6.92 Å². The fourth-order valence-corrected chi connectivity index (χ4v) is 2.15. The molecule has 0 atom stereocenters. The molecule has 0 saturated carbocycles. The second-order valence-corrected chi connectivity index (χ2v) is 4.45. The van der Waals surface area contributed by atoms with Crippen LogP contribution in [0.15, 0.2) is 54.6 Å². The normalized spacial score (nSPS) is 10.8. The summed E-state index contributed by atoms with van der Waals surface area (Å²) in [5.74, 6) is -1.27. The highest BCUT2D eigenvalue weighted by Gasteiger charge is 2.10. The summed E-state index contributed by atoms with van der Waals surface area (Å²) in [6.07, 6.45) is 2.67. The minimum absolute atomic E-state index is 0.283. The fraction of sp³-hybridized carbons (Fsp3) is 0.118. The van der Waals surface area contributed by atoms with Gasteiger partial charge in [-0.1, -0.05) is 18.2 Å². The minimum Gasteiger partial charge on any atom is -0.478 e. The Morgan fingerprint density at radius 3 is 2.48 bits per heavy atom. The van der Waals surface area contributed by atoms with E-state index >= 15 is 0 Å². The molecule has 0 aliphatic carbocycles. The zero-order valence-corrected chi connectivity index (χ0v) is 11.7. The van der Waals surface area contributed by atoms with Gasteiger partial charge in [-0.25, -0.2) is 9.18 Å². The molecule has 4 heteroatoms. The highest BCUT2D eigenvalue weighted by molar-refractivity contribution is 5.87. The van der Waals surface area contributed by atoms with E-state index in [0.29, 0.717) is 6.54 Å². The third kappa shape index (κ3) is 3.69. The first-order valence-electron chi connectivity index (χ1n) is 6.65. The summed E-state index contributed by atoms with van der Waals surface area (Å²) in [6, 6.07) is 13.7. The monoisotopic (exact) mass is 285 g/mol. The van der Waals surface area contributed by atoms with E-state index in [1.165, 1.54) is 12.1 Å².